The molecule has 0 aliphatic carbocycles. The van der Waals surface area contributed by atoms with E-state index < -0.39 is 17.9 Å². The highest BCUT2D eigenvalue weighted by Crippen LogP contribution is 2.17. The summed E-state index contributed by atoms with van der Waals surface area (Å²) in [7, 11) is 0. The van der Waals surface area contributed by atoms with E-state index in [1.54, 1.807) is 24.3 Å². The van der Waals surface area contributed by atoms with Gasteiger partial charge in [-0.15, -0.1) is 0 Å². The van der Waals surface area contributed by atoms with Crippen LogP contribution in [0.4, 0.5) is 0 Å². The summed E-state index contributed by atoms with van der Waals surface area (Å²) in [5.41, 5.74) is 0.813. The average molecular weight is 223 g/mol. The van der Waals surface area contributed by atoms with Crippen molar-refractivity contribution in [2.45, 2.75) is 6.42 Å². The summed E-state index contributed by atoms with van der Waals surface area (Å²) < 4.78 is 0. The molecule has 6 nitrogen and oxygen atoms in total. The van der Waals surface area contributed by atoms with Crippen LogP contribution in [0.1, 0.15) is 5.56 Å². The highest BCUT2D eigenvalue weighted by molar-refractivity contribution is 5.95. The van der Waals surface area contributed by atoms with Crippen molar-refractivity contribution in [3.8, 4) is 0 Å². The molecule has 6 heteroatoms. The summed E-state index contributed by atoms with van der Waals surface area (Å²) in [4.78, 5) is 31.1. The van der Waals surface area contributed by atoms with Gasteiger partial charge in [-0.05, 0) is 12.0 Å². The molecule has 84 valence electrons. The Labute approximate surface area is 90.9 Å². The van der Waals surface area contributed by atoms with Crippen molar-refractivity contribution >= 4 is 11.9 Å². The fourth-order valence-corrected chi connectivity index (χ4v) is 1.41. The number of benzene rings is 1. The van der Waals surface area contributed by atoms with Crippen molar-refractivity contribution in [2.24, 2.45) is 5.92 Å². The van der Waals surface area contributed by atoms with Gasteiger partial charge in [0.15, 0.2) is 11.3 Å². The van der Waals surface area contributed by atoms with Gasteiger partial charge in [-0.1, -0.05) is 30.3 Å². The third-order valence-electron chi connectivity index (χ3n) is 2.19. The summed E-state index contributed by atoms with van der Waals surface area (Å²) in [6.45, 7) is 0. The van der Waals surface area contributed by atoms with E-state index in [9.17, 15) is 9.59 Å². The lowest BCUT2D eigenvalue weighted by Crippen LogP contribution is -2.43. The maximum Gasteiger partial charge on any atom is 0.346 e. The topological polar surface area (TPSA) is 76.1 Å². The van der Waals surface area contributed by atoms with E-state index in [0.717, 1.165) is 5.56 Å². The van der Waals surface area contributed by atoms with Gasteiger partial charge in [-0.3, -0.25) is 0 Å². The minimum absolute atomic E-state index is 0.187. The van der Waals surface area contributed by atoms with Crippen LogP contribution in [0.3, 0.4) is 0 Å². The fourth-order valence-electron chi connectivity index (χ4n) is 1.41. The van der Waals surface area contributed by atoms with E-state index in [-0.39, 0.29) is 11.8 Å². The van der Waals surface area contributed by atoms with Gasteiger partial charge in [0.2, 0.25) is 0 Å². The minimum Gasteiger partial charge on any atom is -0.308 e. The van der Waals surface area contributed by atoms with Crippen molar-refractivity contribution in [3.05, 3.63) is 35.9 Å². The van der Waals surface area contributed by atoms with Crippen LogP contribution in [-0.2, 0) is 25.7 Å². The van der Waals surface area contributed by atoms with Crippen LogP contribution >= 0.6 is 0 Å². The third-order valence-corrected chi connectivity index (χ3v) is 2.19. The number of nitrogens with zero attached hydrogens (tertiary/aromatic N) is 1. The molecule has 2 rings (SSSR count). The van der Waals surface area contributed by atoms with E-state index in [1.165, 1.54) is 0 Å². The van der Waals surface area contributed by atoms with Gasteiger partial charge >= 0.3 is 11.9 Å². The Kier molecular flexibility index (Phi) is 2.84. The Bertz CT molecular complexity index is 387. The zero-order valence-electron chi connectivity index (χ0n) is 8.20. The summed E-state index contributed by atoms with van der Waals surface area (Å²) >= 11 is 0. The molecule has 0 bridgehead atoms. The SMILES string of the molecule is O=C1ON(O)OC(=O)C1Cc1ccccc1. The molecule has 0 radical (unpaired) electrons. The number of carbonyl (C=O) groups excluding carboxylic acids is 2. The third kappa shape index (κ3) is 2.18. The molecular formula is C10H9NO5. The second kappa shape index (κ2) is 4.30. The van der Waals surface area contributed by atoms with Crippen LogP contribution in [-0.4, -0.2) is 22.5 Å². The molecule has 0 spiro atoms. The Morgan fingerprint density at radius 3 is 2.25 bits per heavy atom. The van der Waals surface area contributed by atoms with E-state index in [0.29, 0.717) is 0 Å². The molecule has 1 aliphatic rings. The lowest BCUT2D eigenvalue weighted by Gasteiger charge is -2.22. The fraction of sp³-hybridized carbons (Fsp3) is 0.200. The van der Waals surface area contributed by atoms with Crippen molar-refractivity contribution in [3.63, 3.8) is 0 Å². The molecular weight excluding hydrogens is 214 g/mol. The summed E-state index contributed by atoms with van der Waals surface area (Å²) in [6.07, 6.45) is 0.187. The highest BCUT2D eigenvalue weighted by Gasteiger charge is 2.38. The second-order valence-corrected chi connectivity index (χ2v) is 3.30. The number of hydrogen-bond donors (Lipinski definition) is 1. The maximum absolute atomic E-state index is 11.3. The number of hydrogen-bond acceptors (Lipinski definition) is 6. The zero-order chi connectivity index (χ0) is 11.5. The Hall–Kier alpha value is -1.92. The van der Waals surface area contributed by atoms with Crippen molar-refractivity contribution in [2.75, 3.05) is 0 Å². The predicted octanol–water partition coefficient (Wildman–Crippen LogP) is 0.466. The van der Waals surface area contributed by atoms with Crippen molar-refractivity contribution in [1.29, 1.82) is 0 Å². The first-order valence-electron chi connectivity index (χ1n) is 4.63. The van der Waals surface area contributed by atoms with Crippen molar-refractivity contribution < 1.29 is 24.5 Å². The molecule has 0 aromatic heterocycles. The zero-order valence-corrected chi connectivity index (χ0v) is 8.20. The summed E-state index contributed by atoms with van der Waals surface area (Å²) in [5.74, 6) is -2.70. The quantitative estimate of drug-likeness (QED) is 0.734. The molecule has 0 unspecified atom stereocenters. The van der Waals surface area contributed by atoms with Gasteiger partial charge < -0.3 is 9.68 Å². The molecule has 1 aliphatic heterocycles. The largest absolute Gasteiger partial charge is 0.346 e. The normalized spacial score (nSPS) is 18.1. The van der Waals surface area contributed by atoms with Crippen LogP contribution in [0.25, 0.3) is 0 Å². The highest BCUT2D eigenvalue weighted by atomic mass is 17.1. The van der Waals surface area contributed by atoms with Gasteiger partial charge in [0.05, 0.1) is 0 Å². The Morgan fingerprint density at radius 2 is 1.69 bits per heavy atom. The summed E-state index contributed by atoms with van der Waals surface area (Å²) in [5, 5.41) is 8.45. The van der Waals surface area contributed by atoms with Crippen molar-refractivity contribution in [1.82, 2.24) is 5.39 Å². The lowest BCUT2D eigenvalue weighted by atomic mass is 10.00. The monoisotopic (exact) mass is 223 g/mol. The van der Waals surface area contributed by atoms with Gasteiger partial charge in [-0.25, -0.2) is 14.8 Å². The van der Waals surface area contributed by atoms with Gasteiger partial charge in [0.1, 0.15) is 0 Å². The first kappa shape index (κ1) is 10.6. The van der Waals surface area contributed by atoms with Crippen LogP contribution < -0.4 is 0 Å². The molecule has 0 atom stereocenters. The van der Waals surface area contributed by atoms with E-state index in [1.807, 2.05) is 6.07 Å². The second-order valence-electron chi connectivity index (χ2n) is 3.30. The molecule has 1 fully saturated rings. The van der Waals surface area contributed by atoms with Gasteiger partial charge in [-0.2, -0.15) is 0 Å². The molecule has 0 saturated carbocycles. The molecule has 0 amide bonds. The Morgan fingerprint density at radius 1 is 1.12 bits per heavy atom. The standard InChI is InChI=1S/C10H9NO5/c12-9-8(10(13)16-11(14)15-9)6-7-4-2-1-3-5-7/h1-5,8,14H,6H2. The number of carbonyl (C=O) groups is 2. The van der Waals surface area contributed by atoms with Crippen LogP contribution in [0, 0.1) is 5.92 Å². The van der Waals surface area contributed by atoms with E-state index >= 15 is 0 Å². The summed E-state index contributed by atoms with van der Waals surface area (Å²) in [6, 6.07) is 8.99. The smallest absolute Gasteiger partial charge is 0.308 e. The van der Waals surface area contributed by atoms with Gasteiger partial charge in [0.25, 0.3) is 0 Å². The van der Waals surface area contributed by atoms with Crippen LogP contribution in [0.5, 0.6) is 0 Å². The van der Waals surface area contributed by atoms with Gasteiger partial charge in [0, 0.05) is 0 Å². The predicted molar refractivity (Wildman–Crippen MR) is 49.4 cm³/mol. The van der Waals surface area contributed by atoms with E-state index in [4.69, 9.17) is 5.21 Å². The Balaban J connectivity index is 2.10. The molecule has 16 heavy (non-hydrogen) atoms. The number of rotatable bonds is 2. The first-order chi connectivity index (χ1) is 7.66. The molecule has 1 aromatic rings. The molecule has 1 aromatic carbocycles. The first-order valence-corrected chi connectivity index (χ1v) is 4.63. The average Bonchev–Trinajstić information content (AvgIpc) is 2.25. The van der Waals surface area contributed by atoms with Crippen LogP contribution in [0.2, 0.25) is 0 Å². The molecule has 1 N–H and O–H groups in total. The minimum atomic E-state index is -1.04. The maximum atomic E-state index is 11.3. The van der Waals surface area contributed by atoms with Crippen LogP contribution in [0.15, 0.2) is 30.3 Å². The molecule has 1 heterocycles. The molecule has 1 saturated heterocycles. The lowest BCUT2D eigenvalue weighted by molar-refractivity contribution is -0.477. The van der Waals surface area contributed by atoms with E-state index in [2.05, 4.69) is 9.68 Å².